The van der Waals surface area contributed by atoms with Crippen molar-refractivity contribution < 1.29 is 9.53 Å². The van der Waals surface area contributed by atoms with Crippen molar-refractivity contribution in [3.63, 3.8) is 0 Å². The molecule has 0 aromatic heterocycles. The molecule has 0 spiro atoms. The molecule has 1 rings (SSSR count). The van der Waals surface area contributed by atoms with Gasteiger partial charge in [0.05, 0.1) is 5.92 Å². The Balaban J connectivity index is 0.00000225. The van der Waals surface area contributed by atoms with Gasteiger partial charge in [0.15, 0.2) is 0 Å². The Labute approximate surface area is 104 Å². The second-order valence-electron chi connectivity index (χ2n) is 3.97. The molecule has 0 aromatic carbocycles. The van der Waals surface area contributed by atoms with Crippen LogP contribution in [0.2, 0.25) is 0 Å². The van der Waals surface area contributed by atoms with E-state index >= 15 is 0 Å². The van der Waals surface area contributed by atoms with Crippen molar-refractivity contribution >= 4 is 18.3 Å². The first kappa shape index (κ1) is 15.7. The lowest BCUT2D eigenvalue weighted by atomic mass is 10.0. The molecule has 96 valence electrons. The van der Waals surface area contributed by atoms with Crippen LogP contribution in [-0.2, 0) is 9.53 Å². The van der Waals surface area contributed by atoms with Crippen molar-refractivity contribution in [1.29, 1.82) is 0 Å². The second-order valence-corrected chi connectivity index (χ2v) is 3.97. The van der Waals surface area contributed by atoms with Crippen LogP contribution in [0.3, 0.4) is 0 Å². The molecule has 0 radical (unpaired) electrons. The second kappa shape index (κ2) is 9.87. The molecule has 1 saturated heterocycles. The van der Waals surface area contributed by atoms with E-state index in [0.29, 0.717) is 0 Å². The van der Waals surface area contributed by atoms with E-state index in [-0.39, 0.29) is 24.2 Å². The molecular formula is C11H23ClN2O2. The highest BCUT2D eigenvalue weighted by Gasteiger charge is 2.23. The highest BCUT2D eigenvalue weighted by molar-refractivity contribution is 5.85. The Kier molecular flexibility index (Phi) is 9.68. The van der Waals surface area contributed by atoms with Gasteiger partial charge < -0.3 is 15.4 Å². The molecule has 1 fully saturated rings. The van der Waals surface area contributed by atoms with Crippen molar-refractivity contribution in [1.82, 2.24) is 10.6 Å². The summed E-state index contributed by atoms with van der Waals surface area (Å²) in [4.78, 5) is 11.4. The fourth-order valence-electron chi connectivity index (χ4n) is 1.35. The molecule has 1 aliphatic rings. The molecule has 16 heavy (non-hydrogen) atoms. The van der Waals surface area contributed by atoms with Crippen molar-refractivity contribution in [2.45, 2.75) is 26.2 Å². The molecule has 1 aliphatic heterocycles. The number of nitrogens with one attached hydrogen (secondary N) is 2. The number of halogens is 1. The summed E-state index contributed by atoms with van der Waals surface area (Å²) >= 11 is 0. The zero-order valence-electron chi connectivity index (χ0n) is 9.96. The lowest BCUT2D eigenvalue weighted by Crippen LogP contribution is -2.50. The van der Waals surface area contributed by atoms with Crippen LogP contribution in [-0.4, -0.2) is 38.8 Å². The van der Waals surface area contributed by atoms with Gasteiger partial charge in [-0.3, -0.25) is 4.79 Å². The van der Waals surface area contributed by atoms with E-state index in [1.54, 1.807) is 0 Å². The zero-order chi connectivity index (χ0) is 10.9. The van der Waals surface area contributed by atoms with Crippen molar-refractivity contribution in [2.75, 3.05) is 32.8 Å². The van der Waals surface area contributed by atoms with Gasteiger partial charge in [0.2, 0.25) is 5.91 Å². The van der Waals surface area contributed by atoms with E-state index < -0.39 is 0 Å². The monoisotopic (exact) mass is 250 g/mol. The summed E-state index contributed by atoms with van der Waals surface area (Å²) in [6.07, 6.45) is 3.21. The third kappa shape index (κ3) is 6.30. The van der Waals surface area contributed by atoms with Crippen LogP contribution in [0, 0.1) is 5.92 Å². The van der Waals surface area contributed by atoms with E-state index in [9.17, 15) is 4.79 Å². The lowest BCUT2D eigenvalue weighted by Gasteiger charge is -2.25. The fraction of sp³-hybridized carbons (Fsp3) is 0.909. The summed E-state index contributed by atoms with van der Waals surface area (Å²) in [5.74, 6) is 0.383. The molecule has 1 heterocycles. The zero-order valence-corrected chi connectivity index (χ0v) is 10.8. The van der Waals surface area contributed by atoms with Gasteiger partial charge in [0, 0.05) is 32.8 Å². The molecule has 0 aromatic rings. The Morgan fingerprint density at radius 2 is 2.06 bits per heavy atom. The SMILES string of the molecule is CCCCOCCCNC(=O)C1CNC1.Cl. The predicted molar refractivity (Wildman–Crippen MR) is 67.0 cm³/mol. The summed E-state index contributed by atoms with van der Waals surface area (Å²) in [6.45, 7) is 6.15. The highest BCUT2D eigenvalue weighted by Crippen LogP contribution is 2.01. The number of rotatable bonds is 8. The number of carbonyl (C=O) groups excluding carboxylic acids is 1. The fourth-order valence-corrected chi connectivity index (χ4v) is 1.35. The van der Waals surface area contributed by atoms with Gasteiger partial charge in [0.25, 0.3) is 0 Å². The van der Waals surface area contributed by atoms with E-state index in [1.165, 1.54) is 6.42 Å². The summed E-state index contributed by atoms with van der Waals surface area (Å²) in [5.41, 5.74) is 0. The van der Waals surface area contributed by atoms with E-state index in [2.05, 4.69) is 17.6 Å². The Morgan fingerprint density at radius 1 is 1.38 bits per heavy atom. The van der Waals surface area contributed by atoms with Gasteiger partial charge in [-0.1, -0.05) is 13.3 Å². The van der Waals surface area contributed by atoms with Crippen molar-refractivity contribution in [3.05, 3.63) is 0 Å². The maximum atomic E-state index is 11.4. The number of carbonyl (C=O) groups is 1. The summed E-state index contributed by atoms with van der Waals surface area (Å²) in [5, 5.41) is 6.00. The van der Waals surface area contributed by atoms with Gasteiger partial charge in [-0.15, -0.1) is 12.4 Å². The molecule has 4 nitrogen and oxygen atoms in total. The summed E-state index contributed by atoms with van der Waals surface area (Å²) in [7, 11) is 0. The normalized spacial score (nSPS) is 15.1. The first-order chi connectivity index (χ1) is 7.34. The van der Waals surface area contributed by atoms with Gasteiger partial charge in [-0.2, -0.15) is 0 Å². The number of ether oxygens (including phenoxy) is 1. The smallest absolute Gasteiger partial charge is 0.225 e. The quantitative estimate of drug-likeness (QED) is 0.631. The molecular weight excluding hydrogens is 228 g/mol. The number of hydrogen-bond donors (Lipinski definition) is 2. The van der Waals surface area contributed by atoms with Crippen LogP contribution in [0.5, 0.6) is 0 Å². The van der Waals surface area contributed by atoms with Crippen LogP contribution < -0.4 is 10.6 Å². The highest BCUT2D eigenvalue weighted by atomic mass is 35.5. The molecule has 0 saturated carbocycles. The lowest BCUT2D eigenvalue weighted by molar-refractivity contribution is -0.126. The van der Waals surface area contributed by atoms with Gasteiger partial charge in [-0.25, -0.2) is 0 Å². The average Bonchev–Trinajstić information content (AvgIpc) is 2.14. The Hall–Kier alpha value is -0.320. The van der Waals surface area contributed by atoms with E-state index in [0.717, 1.165) is 45.7 Å². The summed E-state index contributed by atoms with van der Waals surface area (Å²) < 4.78 is 5.39. The standard InChI is InChI=1S/C11H22N2O2.ClH/c1-2-3-6-15-7-4-5-13-11(14)10-8-12-9-10;/h10,12H,2-9H2,1H3,(H,13,14);1H. The first-order valence-corrected chi connectivity index (χ1v) is 5.90. The largest absolute Gasteiger partial charge is 0.381 e. The molecule has 5 heteroatoms. The topological polar surface area (TPSA) is 50.4 Å². The Morgan fingerprint density at radius 3 is 2.62 bits per heavy atom. The molecule has 0 bridgehead atoms. The molecule has 0 unspecified atom stereocenters. The van der Waals surface area contributed by atoms with Crippen molar-refractivity contribution in [3.8, 4) is 0 Å². The number of amides is 1. The van der Waals surface area contributed by atoms with E-state index in [1.807, 2.05) is 0 Å². The number of unbranched alkanes of at least 4 members (excludes halogenated alkanes) is 1. The predicted octanol–water partition coefficient (Wildman–Crippen LogP) is 0.951. The molecule has 2 N–H and O–H groups in total. The minimum absolute atomic E-state index is 0. The average molecular weight is 251 g/mol. The molecule has 0 atom stereocenters. The maximum absolute atomic E-state index is 11.4. The Bertz CT molecular complexity index is 187. The molecule has 0 aliphatic carbocycles. The third-order valence-corrected chi connectivity index (χ3v) is 2.56. The van der Waals surface area contributed by atoms with Crippen molar-refractivity contribution in [2.24, 2.45) is 5.92 Å². The van der Waals surface area contributed by atoms with Crippen LogP contribution in [0.25, 0.3) is 0 Å². The van der Waals surface area contributed by atoms with Gasteiger partial charge in [-0.05, 0) is 12.8 Å². The maximum Gasteiger partial charge on any atom is 0.225 e. The van der Waals surface area contributed by atoms with Gasteiger partial charge in [0.1, 0.15) is 0 Å². The van der Waals surface area contributed by atoms with Crippen LogP contribution in [0.15, 0.2) is 0 Å². The first-order valence-electron chi connectivity index (χ1n) is 5.90. The summed E-state index contributed by atoms with van der Waals surface area (Å²) in [6, 6.07) is 0. The minimum atomic E-state index is 0. The van der Waals surface area contributed by atoms with Crippen LogP contribution in [0.1, 0.15) is 26.2 Å². The minimum Gasteiger partial charge on any atom is -0.381 e. The van der Waals surface area contributed by atoms with E-state index in [4.69, 9.17) is 4.74 Å². The third-order valence-electron chi connectivity index (χ3n) is 2.56. The van der Waals surface area contributed by atoms with Gasteiger partial charge >= 0.3 is 0 Å². The van der Waals surface area contributed by atoms with Crippen LogP contribution >= 0.6 is 12.4 Å². The van der Waals surface area contributed by atoms with Crippen LogP contribution in [0.4, 0.5) is 0 Å². The molecule has 1 amide bonds. The number of hydrogen-bond acceptors (Lipinski definition) is 3.